The van der Waals surface area contributed by atoms with Gasteiger partial charge in [-0.3, -0.25) is 0 Å². The molecule has 0 aliphatic heterocycles. The van der Waals surface area contributed by atoms with Crippen LogP contribution in [0.1, 0.15) is 18.1 Å². The average molecular weight is 334 g/mol. The molecule has 5 heteroatoms. The molecule has 0 bridgehead atoms. The van der Waals surface area contributed by atoms with Crippen LogP contribution in [0, 0.1) is 13.8 Å². The van der Waals surface area contributed by atoms with E-state index in [1.807, 2.05) is 43.3 Å². The maximum atomic E-state index is 5.65. The molecule has 1 heterocycles. The van der Waals surface area contributed by atoms with E-state index < -0.39 is 0 Å². The average Bonchev–Trinajstić information content (AvgIpc) is 2.61. The largest absolute Gasteiger partial charge is 0.492 e. The lowest BCUT2D eigenvalue weighted by molar-refractivity contribution is 0.342. The predicted molar refractivity (Wildman–Crippen MR) is 102 cm³/mol. The number of para-hydroxylation sites is 3. The fourth-order valence-corrected chi connectivity index (χ4v) is 2.60. The summed E-state index contributed by atoms with van der Waals surface area (Å²) in [4.78, 5) is 8.88. The molecule has 1 aromatic heterocycles. The highest BCUT2D eigenvalue weighted by Gasteiger charge is 2.07. The molecule has 0 atom stereocenters. The summed E-state index contributed by atoms with van der Waals surface area (Å²) >= 11 is 0. The summed E-state index contributed by atoms with van der Waals surface area (Å²) in [7, 11) is 0. The molecule has 0 saturated carbocycles. The maximum Gasteiger partial charge on any atom is 0.229 e. The standard InChI is InChI=1S/C20H22N4O/c1-4-25-17-11-6-5-10-16(17)22-18-12-13-21-20(23-18)24-19-14(2)8-7-9-15(19)3/h5-13H,4H2,1-3H3,(H2,21,22,23,24). The third kappa shape index (κ3) is 4.07. The molecule has 0 spiro atoms. The number of aryl methyl sites for hydroxylation is 2. The van der Waals surface area contributed by atoms with Crippen molar-refractivity contribution in [2.45, 2.75) is 20.8 Å². The lowest BCUT2D eigenvalue weighted by Gasteiger charge is -2.14. The van der Waals surface area contributed by atoms with Crippen molar-refractivity contribution >= 4 is 23.1 Å². The van der Waals surface area contributed by atoms with Crippen molar-refractivity contribution in [3.05, 3.63) is 65.9 Å². The molecule has 25 heavy (non-hydrogen) atoms. The summed E-state index contributed by atoms with van der Waals surface area (Å²) in [5.74, 6) is 2.06. The van der Waals surface area contributed by atoms with Gasteiger partial charge in [-0.2, -0.15) is 4.98 Å². The fraction of sp³-hybridized carbons (Fsp3) is 0.200. The second-order valence-corrected chi connectivity index (χ2v) is 5.71. The van der Waals surface area contributed by atoms with Crippen LogP contribution in [-0.4, -0.2) is 16.6 Å². The number of hydrogen-bond donors (Lipinski definition) is 2. The first-order chi connectivity index (χ1) is 12.2. The van der Waals surface area contributed by atoms with E-state index in [-0.39, 0.29) is 0 Å². The zero-order chi connectivity index (χ0) is 17.6. The molecule has 0 radical (unpaired) electrons. The van der Waals surface area contributed by atoms with E-state index in [0.717, 1.165) is 28.3 Å². The topological polar surface area (TPSA) is 59.1 Å². The Bertz CT molecular complexity index is 844. The van der Waals surface area contributed by atoms with Crippen LogP contribution in [0.3, 0.4) is 0 Å². The molecule has 0 saturated heterocycles. The molecular formula is C20H22N4O. The number of nitrogens with one attached hydrogen (secondary N) is 2. The number of anilines is 4. The van der Waals surface area contributed by atoms with Gasteiger partial charge in [0.25, 0.3) is 0 Å². The summed E-state index contributed by atoms with van der Waals surface area (Å²) in [6.07, 6.45) is 1.73. The van der Waals surface area contributed by atoms with Gasteiger partial charge in [-0.1, -0.05) is 30.3 Å². The van der Waals surface area contributed by atoms with Crippen LogP contribution < -0.4 is 15.4 Å². The predicted octanol–water partition coefficient (Wildman–Crippen LogP) is 4.98. The number of ether oxygens (including phenoxy) is 1. The SMILES string of the molecule is CCOc1ccccc1Nc1ccnc(Nc2c(C)cccc2C)n1. The van der Waals surface area contributed by atoms with Crippen LogP contribution >= 0.6 is 0 Å². The Morgan fingerprint density at radius 2 is 1.68 bits per heavy atom. The molecule has 2 N–H and O–H groups in total. The minimum absolute atomic E-state index is 0.552. The van der Waals surface area contributed by atoms with Gasteiger partial charge in [-0.25, -0.2) is 4.98 Å². The second-order valence-electron chi connectivity index (χ2n) is 5.71. The van der Waals surface area contributed by atoms with Crippen molar-refractivity contribution in [3.8, 4) is 5.75 Å². The molecule has 3 rings (SSSR count). The summed E-state index contributed by atoms with van der Waals surface area (Å²) in [5, 5.41) is 6.61. The van der Waals surface area contributed by atoms with Gasteiger partial charge in [-0.05, 0) is 50.1 Å². The van der Waals surface area contributed by atoms with Gasteiger partial charge in [0.1, 0.15) is 11.6 Å². The molecule has 0 aliphatic rings. The molecule has 5 nitrogen and oxygen atoms in total. The van der Waals surface area contributed by atoms with Gasteiger partial charge in [0.05, 0.1) is 12.3 Å². The van der Waals surface area contributed by atoms with Gasteiger partial charge in [-0.15, -0.1) is 0 Å². The molecule has 128 valence electrons. The minimum Gasteiger partial charge on any atom is -0.492 e. The van der Waals surface area contributed by atoms with Crippen LogP contribution in [0.15, 0.2) is 54.7 Å². The highest BCUT2D eigenvalue weighted by atomic mass is 16.5. The van der Waals surface area contributed by atoms with Crippen molar-refractivity contribution < 1.29 is 4.74 Å². The number of rotatable bonds is 6. The smallest absolute Gasteiger partial charge is 0.229 e. The lowest BCUT2D eigenvalue weighted by atomic mass is 10.1. The van der Waals surface area contributed by atoms with E-state index >= 15 is 0 Å². The van der Waals surface area contributed by atoms with Gasteiger partial charge in [0.15, 0.2) is 0 Å². The third-order valence-corrected chi connectivity index (χ3v) is 3.82. The Kier molecular flexibility index (Phi) is 5.14. The second kappa shape index (κ2) is 7.66. The molecule has 2 aromatic carbocycles. The number of aromatic nitrogens is 2. The van der Waals surface area contributed by atoms with Crippen LogP contribution in [0.25, 0.3) is 0 Å². The van der Waals surface area contributed by atoms with E-state index in [2.05, 4.69) is 46.6 Å². The first-order valence-corrected chi connectivity index (χ1v) is 8.32. The van der Waals surface area contributed by atoms with E-state index in [9.17, 15) is 0 Å². The number of nitrogens with zero attached hydrogens (tertiary/aromatic N) is 2. The van der Waals surface area contributed by atoms with Crippen molar-refractivity contribution in [1.82, 2.24) is 9.97 Å². The summed E-state index contributed by atoms with van der Waals surface area (Å²) < 4.78 is 5.65. The summed E-state index contributed by atoms with van der Waals surface area (Å²) in [6.45, 7) is 6.71. The number of benzene rings is 2. The molecule has 0 fully saturated rings. The molecule has 0 amide bonds. The Balaban J connectivity index is 1.83. The van der Waals surface area contributed by atoms with E-state index in [1.165, 1.54) is 0 Å². The van der Waals surface area contributed by atoms with Gasteiger partial charge >= 0.3 is 0 Å². The van der Waals surface area contributed by atoms with E-state index in [4.69, 9.17) is 4.74 Å². The van der Waals surface area contributed by atoms with E-state index in [1.54, 1.807) is 6.20 Å². The molecule has 3 aromatic rings. The molecular weight excluding hydrogens is 312 g/mol. The Morgan fingerprint density at radius 1 is 0.920 bits per heavy atom. The first kappa shape index (κ1) is 16.8. The van der Waals surface area contributed by atoms with Crippen molar-refractivity contribution in [1.29, 1.82) is 0 Å². The third-order valence-electron chi connectivity index (χ3n) is 3.82. The zero-order valence-corrected chi connectivity index (χ0v) is 14.7. The van der Waals surface area contributed by atoms with Crippen LogP contribution in [-0.2, 0) is 0 Å². The van der Waals surface area contributed by atoms with Crippen LogP contribution in [0.2, 0.25) is 0 Å². The minimum atomic E-state index is 0.552. The number of hydrogen-bond acceptors (Lipinski definition) is 5. The highest BCUT2D eigenvalue weighted by molar-refractivity contribution is 5.66. The van der Waals surface area contributed by atoms with E-state index in [0.29, 0.717) is 18.4 Å². The Labute approximate surface area is 148 Å². The normalized spacial score (nSPS) is 10.4. The van der Waals surface area contributed by atoms with Gasteiger partial charge in [0.2, 0.25) is 5.95 Å². The fourth-order valence-electron chi connectivity index (χ4n) is 2.60. The van der Waals surface area contributed by atoms with Gasteiger partial charge < -0.3 is 15.4 Å². The Hall–Kier alpha value is -3.08. The monoisotopic (exact) mass is 334 g/mol. The van der Waals surface area contributed by atoms with Crippen LogP contribution in [0.4, 0.5) is 23.1 Å². The zero-order valence-electron chi connectivity index (χ0n) is 14.7. The van der Waals surface area contributed by atoms with Crippen LogP contribution in [0.5, 0.6) is 5.75 Å². The molecule has 0 unspecified atom stereocenters. The quantitative estimate of drug-likeness (QED) is 0.666. The maximum absolute atomic E-state index is 5.65. The van der Waals surface area contributed by atoms with Gasteiger partial charge in [0, 0.05) is 11.9 Å². The lowest BCUT2D eigenvalue weighted by Crippen LogP contribution is -2.03. The van der Waals surface area contributed by atoms with Crippen molar-refractivity contribution in [3.63, 3.8) is 0 Å². The highest BCUT2D eigenvalue weighted by Crippen LogP contribution is 2.27. The van der Waals surface area contributed by atoms with Crippen molar-refractivity contribution in [2.24, 2.45) is 0 Å². The summed E-state index contributed by atoms with van der Waals surface area (Å²) in [6, 6.07) is 15.8. The van der Waals surface area contributed by atoms with Crippen molar-refractivity contribution in [2.75, 3.05) is 17.2 Å². The Morgan fingerprint density at radius 3 is 2.44 bits per heavy atom. The molecule has 0 aliphatic carbocycles. The first-order valence-electron chi connectivity index (χ1n) is 8.32. The summed E-state index contributed by atoms with van der Waals surface area (Å²) in [5.41, 5.74) is 4.22.